The number of rotatable bonds is 6. The maximum absolute atomic E-state index is 14.5. The van der Waals surface area contributed by atoms with Gasteiger partial charge in [-0.1, -0.05) is 44.9 Å². The number of carbonyl (C=O) groups is 3. The molecule has 6 nitrogen and oxygen atoms in total. The second-order valence-electron chi connectivity index (χ2n) is 8.90. The molecule has 0 radical (unpaired) electrons. The van der Waals surface area contributed by atoms with E-state index in [1.165, 1.54) is 6.92 Å². The molecule has 3 rings (SSSR count). The van der Waals surface area contributed by atoms with E-state index in [1.807, 2.05) is 5.32 Å². The maximum Gasteiger partial charge on any atom is 0.425 e. The van der Waals surface area contributed by atoms with Gasteiger partial charge in [0.2, 0.25) is 11.4 Å². The van der Waals surface area contributed by atoms with Crippen molar-refractivity contribution in [1.29, 1.82) is 0 Å². The lowest BCUT2D eigenvalue weighted by molar-refractivity contribution is -0.196. The van der Waals surface area contributed by atoms with Gasteiger partial charge in [0.1, 0.15) is 5.57 Å². The number of nitrogens with zero attached hydrogens (tertiary/aromatic N) is 1. The normalized spacial score (nSPS) is 26.0. The van der Waals surface area contributed by atoms with E-state index in [0.29, 0.717) is 25.2 Å². The van der Waals surface area contributed by atoms with E-state index >= 15 is 0 Å². The summed E-state index contributed by atoms with van der Waals surface area (Å²) in [5.41, 5.74) is -4.32. The highest BCUT2D eigenvalue weighted by Gasteiger charge is 2.71. The molecule has 174 valence electrons. The van der Waals surface area contributed by atoms with Crippen LogP contribution in [0.1, 0.15) is 77.6 Å². The van der Waals surface area contributed by atoms with Crippen LogP contribution >= 0.6 is 0 Å². The van der Waals surface area contributed by atoms with Crippen LogP contribution in [0.15, 0.2) is 11.3 Å². The molecule has 2 fully saturated rings. The molecule has 0 unspecified atom stereocenters. The summed E-state index contributed by atoms with van der Waals surface area (Å²) < 4.78 is 48.1. The lowest BCUT2D eigenvalue weighted by atomic mass is 9.85. The van der Waals surface area contributed by atoms with Crippen LogP contribution in [-0.4, -0.2) is 47.6 Å². The minimum absolute atomic E-state index is 0.0892. The standard InChI is InChI=1S/C22H31F3N2O4/c1-14-18(19(29)31-2)21(22(23,24)25,20(30)27(14)16-10-6-7-11-16)26-17(28)13-12-15-8-4-3-5-9-15/h15-16H,3-13H2,1-2H3,(H,26,28)/t21-/m1/s1. The van der Waals surface area contributed by atoms with Crippen LogP contribution in [0.2, 0.25) is 0 Å². The van der Waals surface area contributed by atoms with Gasteiger partial charge in [-0.25, -0.2) is 4.79 Å². The number of hydrogen-bond acceptors (Lipinski definition) is 4. The molecule has 1 atom stereocenters. The van der Waals surface area contributed by atoms with Crippen LogP contribution in [0, 0.1) is 5.92 Å². The average molecular weight is 444 g/mol. The second kappa shape index (κ2) is 9.20. The lowest BCUT2D eigenvalue weighted by Gasteiger charge is -2.34. The first-order chi connectivity index (χ1) is 14.6. The molecule has 1 heterocycles. The zero-order chi connectivity index (χ0) is 22.8. The van der Waals surface area contributed by atoms with E-state index in [-0.39, 0.29) is 12.1 Å². The van der Waals surface area contributed by atoms with Crippen LogP contribution in [0.4, 0.5) is 13.2 Å². The molecule has 0 saturated heterocycles. The minimum Gasteiger partial charge on any atom is -0.466 e. The highest BCUT2D eigenvalue weighted by atomic mass is 19.4. The fraction of sp³-hybridized carbons (Fsp3) is 0.773. The zero-order valence-corrected chi connectivity index (χ0v) is 18.1. The fourth-order valence-electron chi connectivity index (χ4n) is 5.37. The Morgan fingerprint density at radius 1 is 1.10 bits per heavy atom. The first-order valence-electron chi connectivity index (χ1n) is 11.1. The largest absolute Gasteiger partial charge is 0.466 e. The molecule has 0 aromatic heterocycles. The second-order valence-corrected chi connectivity index (χ2v) is 8.90. The monoisotopic (exact) mass is 444 g/mol. The molecule has 2 saturated carbocycles. The summed E-state index contributed by atoms with van der Waals surface area (Å²) >= 11 is 0. The van der Waals surface area contributed by atoms with Gasteiger partial charge in [-0.3, -0.25) is 9.59 Å². The molecular formula is C22H31F3N2O4. The first-order valence-corrected chi connectivity index (χ1v) is 11.1. The van der Waals surface area contributed by atoms with Crippen LogP contribution in [0.3, 0.4) is 0 Å². The van der Waals surface area contributed by atoms with E-state index in [2.05, 4.69) is 4.74 Å². The van der Waals surface area contributed by atoms with E-state index in [0.717, 1.165) is 57.0 Å². The summed E-state index contributed by atoms with van der Waals surface area (Å²) in [5, 5.41) is 1.96. The minimum atomic E-state index is -5.19. The molecule has 9 heteroatoms. The van der Waals surface area contributed by atoms with Crippen molar-refractivity contribution in [2.75, 3.05) is 7.11 Å². The SMILES string of the molecule is COC(=O)C1=C(C)N(C2CCCC2)C(=O)[C@@]1(NC(=O)CCC1CCCCC1)C(F)(F)F. The average Bonchev–Trinajstić information content (AvgIpc) is 3.32. The molecule has 0 spiro atoms. The molecule has 0 bridgehead atoms. The number of alkyl halides is 3. The van der Waals surface area contributed by atoms with Gasteiger partial charge in [-0.15, -0.1) is 0 Å². The van der Waals surface area contributed by atoms with E-state index in [4.69, 9.17) is 0 Å². The Hall–Kier alpha value is -2.06. The molecule has 1 N–H and O–H groups in total. The smallest absolute Gasteiger partial charge is 0.425 e. The predicted molar refractivity (Wildman–Crippen MR) is 107 cm³/mol. The summed E-state index contributed by atoms with van der Waals surface area (Å²) in [4.78, 5) is 39.5. The Morgan fingerprint density at radius 2 is 1.68 bits per heavy atom. The summed E-state index contributed by atoms with van der Waals surface area (Å²) in [6.45, 7) is 1.32. The third-order valence-electron chi connectivity index (χ3n) is 6.97. The molecule has 31 heavy (non-hydrogen) atoms. The van der Waals surface area contributed by atoms with Crippen LogP contribution in [0.25, 0.3) is 0 Å². The summed E-state index contributed by atoms with van der Waals surface area (Å²) in [6.07, 6.45) is 3.03. The molecule has 2 amide bonds. The number of hydrogen-bond donors (Lipinski definition) is 1. The molecule has 1 aliphatic heterocycles. The Bertz CT molecular complexity index is 752. The van der Waals surface area contributed by atoms with Gasteiger partial charge in [0.15, 0.2) is 0 Å². The topological polar surface area (TPSA) is 75.7 Å². The maximum atomic E-state index is 14.5. The number of nitrogens with one attached hydrogen (secondary N) is 1. The molecule has 0 aromatic rings. The van der Waals surface area contributed by atoms with Crippen LogP contribution < -0.4 is 5.32 Å². The van der Waals surface area contributed by atoms with Gasteiger partial charge in [0.25, 0.3) is 5.91 Å². The van der Waals surface area contributed by atoms with Crippen molar-refractivity contribution in [1.82, 2.24) is 10.2 Å². The van der Waals surface area contributed by atoms with E-state index < -0.39 is 41.1 Å². The number of carbonyl (C=O) groups excluding carboxylic acids is 3. The number of ether oxygens (including phenoxy) is 1. The third-order valence-corrected chi connectivity index (χ3v) is 6.97. The van der Waals surface area contributed by atoms with Crippen LogP contribution in [-0.2, 0) is 19.1 Å². The molecular weight excluding hydrogens is 413 g/mol. The van der Waals surface area contributed by atoms with Gasteiger partial charge in [-0.2, -0.15) is 13.2 Å². The number of esters is 1. The Labute approximate surface area is 180 Å². The highest BCUT2D eigenvalue weighted by molar-refractivity contribution is 6.10. The number of halogens is 3. The number of amides is 2. The number of methoxy groups -OCH3 is 1. The third kappa shape index (κ3) is 4.32. The van der Waals surface area contributed by atoms with Gasteiger partial charge >= 0.3 is 12.1 Å². The first kappa shape index (κ1) is 23.6. The van der Waals surface area contributed by atoms with Gasteiger partial charge in [-0.05, 0) is 32.1 Å². The van der Waals surface area contributed by atoms with Crippen molar-refractivity contribution in [3.63, 3.8) is 0 Å². The van der Waals surface area contributed by atoms with Gasteiger partial charge < -0.3 is 15.0 Å². The Balaban J connectivity index is 1.92. The predicted octanol–water partition coefficient (Wildman–Crippen LogP) is 4.00. The molecule has 3 aliphatic rings. The summed E-state index contributed by atoms with van der Waals surface area (Å²) in [5.74, 6) is -3.14. The Kier molecular flexibility index (Phi) is 7.01. The van der Waals surface area contributed by atoms with Crippen LogP contribution in [0.5, 0.6) is 0 Å². The molecule has 0 aromatic carbocycles. The van der Waals surface area contributed by atoms with Crippen molar-refractivity contribution in [3.8, 4) is 0 Å². The van der Waals surface area contributed by atoms with Gasteiger partial charge in [0.05, 0.1) is 7.11 Å². The quantitative estimate of drug-likeness (QED) is 0.629. The van der Waals surface area contributed by atoms with E-state index in [9.17, 15) is 27.6 Å². The summed E-state index contributed by atoms with van der Waals surface area (Å²) in [6, 6.07) is -0.421. The zero-order valence-electron chi connectivity index (χ0n) is 18.1. The highest BCUT2D eigenvalue weighted by Crippen LogP contribution is 2.47. The lowest BCUT2D eigenvalue weighted by Crippen LogP contribution is -2.66. The van der Waals surface area contributed by atoms with Gasteiger partial charge in [0, 0.05) is 18.2 Å². The summed E-state index contributed by atoms with van der Waals surface area (Å²) in [7, 11) is 0.970. The fourth-order valence-corrected chi connectivity index (χ4v) is 5.37. The number of allylic oxidation sites excluding steroid dienone is 1. The molecule has 2 aliphatic carbocycles. The Morgan fingerprint density at radius 3 is 2.23 bits per heavy atom. The van der Waals surface area contributed by atoms with Crippen molar-refractivity contribution >= 4 is 17.8 Å². The van der Waals surface area contributed by atoms with Crippen molar-refractivity contribution in [3.05, 3.63) is 11.3 Å². The van der Waals surface area contributed by atoms with E-state index in [1.54, 1.807) is 0 Å². The van der Waals surface area contributed by atoms with Crippen molar-refractivity contribution in [2.45, 2.75) is 95.3 Å². The van der Waals surface area contributed by atoms with Crippen molar-refractivity contribution in [2.24, 2.45) is 5.92 Å². The van der Waals surface area contributed by atoms with Crippen molar-refractivity contribution < 1.29 is 32.3 Å².